The highest BCUT2D eigenvalue weighted by Gasteiger charge is 2.11. The Balaban J connectivity index is 2.33. The lowest BCUT2D eigenvalue weighted by atomic mass is 10.3. The molecule has 0 atom stereocenters. The second-order valence-electron chi connectivity index (χ2n) is 3.50. The number of nitrogens with zero attached hydrogens (tertiary/aromatic N) is 2. The Labute approximate surface area is 111 Å². The predicted octanol–water partition coefficient (Wildman–Crippen LogP) is 2.27. The summed E-state index contributed by atoms with van der Waals surface area (Å²) in [6, 6.07) is 2.56. The van der Waals surface area contributed by atoms with Crippen LogP contribution in [0.3, 0.4) is 0 Å². The molecule has 98 valence electrons. The molecule has 0 saturated carbocycles. The molecule has 0 aliphatic heterocycles. The predicted molar refractivity (Wildman–Crippen MR) is 67.5 cm³/mol. The minimum Gasteiger partial charge on any atom is -0.388 e. The van der Waals surface area contributed by atoms with Gasteiger partial charge in [-0.2, -0.15) is 0 Å². The van der Waals surface area contributed by atoms with Gasteiger partial charge in [-0.05, 0) is 6.07 Å². The Morgan fingerprint density at radius 1 is 1.16 bits per heavy atom. The number of benzene rings is 1. The minimum absolute atomic E-state index is 0.0322. The van der Waals surface area contributed by atoms with Gasteiger partial charge in [-0.25, -0.2) is 23.1 Å². The Morgan fingerprint density at radius 2 is 1.84 bits per heavy atom. The van der Waals surface area contributed by atoms with E-state index in [2.05, 4.69) is 15.3 Å². The number of nitrogens with one attached hydrogen (secondary N) is 1. The van der Waals surface area contributed by atoms with Crippen molar-refractivity contribution in [1.29, 1.82) is 0 Å². The average molecular weight is 284 g/mol. The summed E-state index contributed by atoms with van der Waals surface area (Å²) >= 11 is 4.73. The van der Waals surface area contributed by atoms with Crippen LogP contribution in [0.4, 0.5) is 24.8 Å². The van der Waals surface area contributed by atoms with Crippen LogP contribution in [-0.4, -0.2) is 15.0 Å². The lowest BCUT2D eigenvalue weighted by molar-refractivity contribution is 0.496. The lowest BCUT2D eigenvalue weighted by Crippen LogP contribution is -2.13. The quantitative estimate of drug-likeness (QED) is 0.668. The number of nitrogens with two attached hydrogens (primary N) is 1. The van der Waals surface area contributed by atoms with Gasteiger partial charge in [0.1, 0.15) is 16.5 Å². The van der Waals surface area contributed by atoms with Gasteiger partial charge in [0, 0.05) is 18.3 Å². The van der Waals surface area contributed by atoms with Gasteiger partial charge >= 0.3 is 0 Å². The highest BCUT2D eigenvalue weighted by Crippen LogP contribution is 2.20. The average Bonchev–Trinajstić information content (AvgIpc) is 2.36. The summed E-state index contributed by atoms with van der Waals surface area (Å²) in [5, 5.41) is 2.42. The van der Waals surface area contributed by atoms with E-state index in [-0.39, 0.29) is 22.3 Å². The second kappa shape index (κ2) is 5.19. The molecule has 0 spiro atoms. The largest absolute Gasteiger partial charge is 0.388 e. The maximum atomic E-state index is 13.4. The normalized spacial score (nSPS) is 10.3. The molecule has 1 aromatic heterocycles. The smallest absolute Gasteiger partial charge is 0.227 e. The lowest BCUT2D eigenvalue weighted by Gasteiger charge is -2.07. The summed E-state index contributed by atoms with van der Waals surface area (Å²) in [6.45, 7) is 0. The summed E-state index contributed by atoms with van der Waals surface area (Å²) in [5.41, 5.74) is 5.36. The Bertz CT molecular complexity index is 648. The standard InChI is InChI=1S/C11H7F3N4S/c12-5-3-7(14)9(4-6(5)13)18-11-16-2-1-8(17-11)10(15)19/h1-4H,(H2,15,19)(H,16,17,18). The number of rotatable bonds is 3. The van der Waals surface area contributed by atoms with E-state index in [1.54, 1.807) is 0 Å². The summed E-state index contributed by atoms with van der Waals surface area (Å²) < 4.78 is 39.2. The first kappa shape index (κ1) is 13.2. The summed E-state index contributed by atoms with van der Waals surface area (Å²) in [6.07, 6.45) is 1.35. The van der Waals surface area contributed by atoms with Crippen molar-refractivity contribution in [3.05, 3.63) is 47.5 Å². The number of aromatic nitrogens is 2. The molecule has 0 radical (unpaired) electrons. The second-order valence-corrected chi connectivity index (χ2v) is 3.94. The van der Waals surface area contributed by atoms with E-state index in [4.69, 9.17) is 18.0 Å². The number of hydrogen-bond donors (Lipinski definition) is 2. The topological polar surface area (TPSA) is 63.8 Å². The molecule has 0 aliphatic carbocycles. The van der Waals surface area contributed by atoms with Crippen LogP contribution in [0.25, 0.3) is 0 Å². The van der Waals surface area contributed by atoms with Crippen molar-refractivity contribution in [1.82, 2.24) is 9.97 Å². The third-order valence-corrected chi connectivity index (χ3v) is 2.37. The SMILES string of the molecule is NC(=S)c1ccnc(Nc2cc(F)c(F)cc2F)n1. The van der Waals surface area contributed by atoms with E-state index in [1.165, 1.54) is 12.3 Å². The molecule has 2 rings (SSSR count). The summed E-state index contributed by atoms with van der Waals surface area (Å²) in [7, 11) is 0. The fraction of sp³-hybridized carbons (Fsp3) is 0. The minimum atomic E-state index is -1.28. The molecule has 0 saturated heterocycles. The Morgan fingerprint density at radius 3 is 2.53 bits per heavy atom. The van der Waals surface area contributed by atoms with Crippen LogP contribution in [0.5, 0.6) is 0 Å². The highest BCUT2D eigenvalue weighted by molar-refractivity contribution is 7.80. The Hall–Kier alpha value is -2.22. The first-order chi connectivity index (χ1) is 8.97. The zero-order valence-electron chi connectivity index (χ0n) is 9.32. The molecule has 1 aromatic carbocycles. The van der Waals surface area contributed by atoms with Crippen LogP contribution in [0, 0.1) is 17.5 Å². The zero-order chi connectivity index (χ0) is 14.0. The highest BCUT2D eigenvalue weighted by atomic mass is 32.1. The van der Waals surface area contributed by atoms with Crippen LogP contribution in [0.15, 0.2) is 24.4 Å². The van der Waals surface area contributed by atoms with Gasteiger partial charge < -0.3 is 11.1 Å². The molecular weight excluding hydrogens is 277 g/mol. The molecular formula is C11H7F3N4S. The van der Waals surface area contributed by atoms with E-state index in [0.29, 0.717) is 12.1 Å². The molecule has 3 N–H and O–H groups in total. The van der Waals surface area contributed by atoms with Crippen molar-refractivity contribution in [2.24, 2.45) is 5.73 Å². The van der Waals surface area contributed by atoms with Gasteiger partial charge in [0.15, 0.2) is 11.6 Å². The fourth-order valence-electron chi connectivity index (χ4n) is 1.29. The van der Waals surface area contributed by atoms with Crippen molar-refractivity contribution < 1.29 is 13.2 Å². The molecule has 0 aliphatic rings. The van der Waals surface area contributed by atoms with Crippen LogP contribution in [0.1, 0.15) is 5.69 Å². The monoisotopic (exact) mass is 284 g/mol. The number of halogens is 3. The van der Waals surface area contributed by atoms with Gasteiger partial charge in [0.2, 0.25) is 5.95 Å². The third kappa shape index (κ3) is 2.97. The molecule has 0 bridgehead atoms. The van der Waals surface area contributed by atoms with E-state index >= 15 is 0 Å². The fourth-order valence-corrected chi connectivity index (χ4v) is 1.41. The van der Waals surface area contributed by atoms with Gasteiger partial charge in [0.05, 0.1) is 5.69 Å². The van der Waals surface area contributed by atoms with Crippen LogP contribution in [0.2, 0.25) is 0 Å². The molecule has 0 unspecified atom stereocenters. The van der Waals surface area contributed by atoms with Gasteiger partial charge in [0.25, 0.3) is 0 Å². The van der Waals surface area contributed by atoms with Crippen molar-refractivity contribution >= 4 is 28.8 Å². The number of hydrogen-bond acceptors (Lipinski definition) is 4. The molecule has 2 aromatic rings. The first-order valence-electron chi connectivity index (χ1n) is 5.02. The van der Waals surface area contributed by atoms with Gasteiger partial charge in [-0.3, -0.25) is 0 Å². The Kier molecular flexibility index (Phi) is 3.61. The van der Waals surface area contributed by atoms with E-state index in [0.717, 1.165) is 0 Å². The van der Waals surface area contributed by atoms with Crippen molar-refractivity contribution in [3.8, 4) is 0 Å². The van der Waals surface area contributed by atoms with E-state index < -0.39 is 17.5 Å². The maximum absolute atomic E-state index is 13.4. The third-order valence-electron chi connectivity index (χ3n) is 2.16. The molecule has 4 nitrogen and oxygen atoms in total. The summed E-state index contributed by atoms with van der Waals surface area (Å²) in [5.74, 6) is -3.46. The van der Waals surface area contributed by atoms with Gasteiger partial charge in [-0.15, -0.1) is 0 Å². The van der Waals surface area contributed by atoms with Gasteiger partial charge in [-0.1, -0.05) is 12.2 Å². The van der Waals surface area contributed by atoms with Crippen LogP contribution < -0.4 is 11.1 Å². The molecule has 19 heavy (non-hydrogen) atoms. The van der Waals surface area contributed by atoms with E-state index in [9.17, 15) is 13.2 Å². The molecule has 1 heterocycles. The molecule has 8 heteroatoms. The first-order valence-corrected chi connectivity index (χ1v) is 5.42. The van der Waals surface area contributed by atoms with Crippen molar-refractivity contribution in [2.45, 2.75) is 0 Å². The van der Waals surface area contributed by atoms with Crippen molar-refractivity contribution in [3.63, 3.8) is 0 Å². The molecule has 0 fully saturated rings. The number of thiocarbonyl (C=S) groups is 1. The van der Waals surface area contributed by atoms with Crippen LogP contribution in [-0.2, 0) is 0 Å². The zero-order valence-corrected chi connectivity index (χ0v) is 10.1. The van der Waals surface area contributed by atoms with E-state index in [1.807, 2.05) is 0 Å². The van der Waals surface area contributed by atoms with Crippen molar-refractivity contribution in [2.75, 3.05) is 5.32 Å². The maximum Gasteiger partial charge on any atom is 0.227 e. The molecule has 0 amide bonds. The number of anilines is 2. The summed E-state index contributed by atoms with van der Waals surface area (Å²) in [4.78, 5) is 7.72. The van der Waals surface area contributed by atoms with Crippen LogP contribution >= 0.6 is 12.2 Å².